The van der Waals surface area contributed by atoms with Crippen LogP contribution in [0.25, 0.3) is 10.9 Å². The Labute approximate surface area is 145 Å². The Hall–Kier alpha value is -2.82. The molecule has 0 fully saturated rings. The summed E-state index contributed by atoms with van der Waals surface area (Å²) in [6, 6.07) is 15.0. The molecular weight excluding hydrogens is 317 g/mol. The van der Waals surface area contributed by atoms with Gasteiger partial charge in [-0.3, -0.25) is 4.79 Å². The van der Waals surface area contributed by atoms with Gasteiger partial charge < -0.3 is 15.2 Å². The van der Waals surface area contributed by atoms with Crippen molar-refractivity contribution in [1.29, 1.82) is 0 Å². The third-order valence-corrected chi connectivity index (χ3v) is 4.81. The number of nitrogens with zero attached hydrogens (tertiary/aromatic N) is 1. The maximum Gasteiger partial charge on any atom is 0.267 e. The van der Waals surface area contributed by atoms with Crippen LogP contribution < -0.4 is 10.2 Å². The summed E-state index contributed by atoms with van der Waals surface area (Å²) in [5.41, 5.74) is 3.83. The number of hydrogen-bond donors (Lipinski definition) is 2. The molecular formula is C20H20FN3O. The monoisotopic (exact) mass is 337 g/mol. The molecule has 1 amide bonds. The number of benzene rings is 2. The number of aromatic nitrogens is 1. The lowest BCUT2D eigenvalue weighted by atomic mass is 10.1. The number of fused-ring (bicyclic) bond motifs is 2. The fourth-order valence-electron chi connectivity index (χ4n) is 3.58. The molecule has 1 atom stereocenters. The molecule has 2 heterocycles. The Kier molecular flexibility index (Phi) is 3.92. The van der Waals surface area contributed by atoms with E-state index in [-0.39, 0.29) is 11.7 Å². The number of carbonyl (C=O) groups is 1. The summed E-state index contributed by atoms with van der Waals surface area (Å²) in [5.74, 6) is -0.475. The van der Waals surface area contributed by atoms with Crippen LogP contribution in [0.15, 0.2) is 48.5 Å². The molecule has 0 saturated heterocycles. The van der Waals surface area contributed by atoms with Crippen molar-refractivity contribution in [3.05, 3.63) is 65.6 Å². The van der Waals surface area contributed by atoms with Crippen molar-refractivity contribution in [2.24, 2.45) is 0 Å². The van der Waals surface area contributed by atoms with Gasteiger partial charge in [-0.2, -0.15) is 0 Å². The van der Waals surface area contributed by atoms with E-state index in [2.05, 4.69) is 40.3 Å². The second-order valence-corrected chi connectivity index (χ2v) is 6.55. The minimum absolute atomic E-state index is 0.170. The first-order valence-corrected chi connectivity index (χ1v) is 8.53. The van der Waals surface area contributed by atoms with Gasteiger partial charge >= 0.3 is 0 Å². The average molecular weight is 337 g/mol. The van der Waals surface area contributed by atoms with Gasteiger partial charge in [0.2, 0.25) is 0 Å². The van der Waals surface area contributed by atoms with Crippen LogP contribution in [-0.4, -0.2) is 30.0 Å². The van der Waals surface area contributed by atoms with Gasteiger partial charge in [-0.1, -0.05) is 18.2 Å². The summed E-state index contributed by atoms with van der Waals surface area (Å²) in [7, 11) is 0. The highest BCUT2D eigenvalue weighted by molar-refractivity contribution is 5.98. The summed E-state index contributed by atoms with van der Waals surface area (Å²) in [6.45, 7) is 3.52. The number of halogens is 1. The summed E-state index contributed by atoms with van der Waals surface area (Å²) < 4.78 is 13.3. The van der Waals surface area contributed by atoms with E-state index in [0.29, 0.717) is 23.7 Å². The highest BCUT2D eigenvalue weighted by Crippen LogP contribution is 2.31. The first-order valence-electron chi connectivity index (χ1n) is 8.53. The van der Waals surface area contributed by atoms with Crippen LogP contribution in [0.4, 0.5) is 10.1 Å². The van der Waals surface area contributed by atoms with Crippen LogP contribution in [0.5, 0.6) is 0 Å². The number of carbonyl (C=O) groups excluding carboxylic acids is 1. The predicted octanol–water partition coefficient (Wildman–Crippen LogP) is 3.49. The van der Waals surface area contributed by atoms with Gasteiger partial charge in [-0.25, -0.2) is 4.39 Å². The number of hydrogen-bond acceptors (Lipinski definition) is 2. The van der Waals surface area contributed by atoms with E-state index >= 15 is 0 Å². The molecule has 0 saturated carbocycles. The summed E-state index contributed by atoms with van der Waals surface area (Å²) in [6.07, 6.45) is 1.04. The van der Waals surface area contributed by atoms with Crippen molar-refractivity contribution in [1.82, 2.24) is 10.3 Å². The fourth-order valence-corrected chi connectivity index (χ4v) is 3.58. The van der Waals surface area contributed by atoms with Crippen molar-refractivity contribution in [3.63, 3.8) is 0 Å². The lowest BCUT2D eigenvalue weighted by molar-refractivity contribution is 0.0950. The molecule has 0 aliphatic carbocycles. The third kappa shape index (κ3) is 2.97. The maximum atomic E-state index is 13.3. The Morgan fingerprint density at radius 1 is 1.28 bits per heavy atom. The van der Waals surface area contributed by atoms with E-state index in [4.69, 9.17) is 0 Å². The second kappa shape index (κ2) is 6.24. The molecule has 0 bridgehead atoms. The molecule has 2 N–H and O–H groups in total. The first-order chi connectivity index (χ1) is 12.1. The lowest BCUT2D eigenvalue weighted by Crippen LogP contribution is -2.37. The molecule has 4 nitrogen and oxygen atoms in total. The van der Waals surface area contributed by atoms with Crippen LogP contribution in [0.2, 0.25) is 0 Å². The number of aromatic amines is 1. The molecule has 1 aromatic heterocycles. The van der Waals surface area contributed by atoms with Gasteiger partial charge in [0, 0.05) is 35.7 Å². The van der Waals surface area contributed by atoms with Gasteiger partial charge in [0.25, 0.3) is 5.91 Å². The molecule has 0 spiro atoms. The minimum Gasteiger partial charge on any atom is -0.367 e. The van der Waals surface area contributed by atoms with E-state index in [1.54, 1.807) is 12.1 Å². The number of rotatable bonds is 4. The first kappa shape index (κ1) is 15.7. The van der Waals surface area contributed by atoms with Gasteiger partial charge in [-0.05, 0) is 49.2 Å². The molecule has 2 aromatic carbocycles. The van der Waals surface area contributed by atoms with Gasteiger partial charge in [0.05, 0.1) is 0 Å². The van der Waals surface area contributed by atoms with Crippen LogP contribution in [0.1, 0.15) is 23.0 Å². The smallest absolute Gasteiger partial charge is 0.267 e. The second-order valence-electron chi connectivity index (χ2n) is 6.55. The summed E-state index contributed by atoms with van der Waals surface area (Å²) in [5, 5.41) is 3.65. The van der Waals surface area contributed by atoms with Crippen molar-refractivity contribution in [3.8, 4) is 0 Å². The van der Waals surface area contributed by atoms with Crippen LogP contribution in [0.3, 0.4) is 0 Å². The lowest BCUT2D eigenvalue weighted by Gasteiger charge is -2.24. The van der Waals surface area contributed by atoms with Crippen molar-refractivity contribution < 1.29 is 9.18 Å². The summed E-state index contributed by atoms with van der Waals surface area (Å²) in [4.78, 5) is 17.7. The number of amides is 1. The van der Waals surface area contributed by atoms with Crippen LogP contribution in [-0.2, 0) is 6.42 Å². The van der Waals surface area contributed by atoms with Crippen molar-refractivity contribution in [2.75, 3.05) is 18.0 Å². The number of para-hydroxylation sites is 1. The minimum atomic E-state index is -0.305. The van der Waals surface area contributed by atoms with Crippen LogP contribution in [0, 0.1) is 5.82 Å². The highest BCUT2D eigenvalue weighted by Gasteiger charge is 2.24. The van der Waals surface area contributed by atoms with Crippen molar-refractivity contribution >= 4 is 22.5 Å². The number of anilines is 1. The fraction of sp³-hybridized carbons (Fsp3) is 0.250. The highest BCUT2D eigenvalue weighted by atomic mass is 19.1. The average Bonchev–Trinajstić information content (AvgIpc) is 3.15. The topological polar surface area (TPSA) is 48.1 Å². The Balaban J connectivity index is 1.40. The van der Waals surface area contributed by atoms with E-state index in [1.165, 1.54) is 23.4 Å². The largest absolute Gasteiger partial charge is 0.367 e. The zero-order valence-electron chi connectivity index (χ0n) is 14.1. The maximum absolute atomic E-state index is 13.3. The molecule has 5 heteroatoms. The molecule has 25 heavy (non-hydrogen) atoms. The molecule has 128 valence electrons. The normalized spacial score (nSPS) is 16.2. The van der Waals surface area contributed by atoms with Gasteiger partial charge in [-0.15, -0.1) is 0 Å². The zero-order valence-corrected chi connectivity index (χ0v) is 14.1. The molecule has 1 aliphatic rings. The van der Waals surface area contributed by atoms with Crippen LogP contribution >= 0.6 is 0 Å². The van der Waals surface area contributed by atoms with Gasteiger partial charge in [0.15, 0.2) is 0 Å². The quantitative estimate of drug-likeness (QED) is 0.766. The standard InChI is InChI=1S/C20H20FN3O/c1-13-10-14-4-2-3-5-19(14)24(13)9-8-22-20(25)18-12-15-11-16(21)6-7-17(15)23-18/h2-7,11-13,23H,8-10H2,1H3,(H,22,25)/t13-/m0/s1. The SMILES string of the molecule is C[C@H]1Cc2ccccc2N1CCNC(=O)c1cc2cc(F)ccc2[nH]1. The molecule has 0 radical (unpaired) electrons. The third-order valence-electron chi connectivity index (χ3n) is 4.81. The Morgan fingerprint density at radius 2 is 2.12 bits per heavy atom. The van der Waals surface area contributed by atoms with E-state index in [9.17, 15) is 9.18 Å². The van der Waals surface area contributed by atoms with Gasteiger partial charge in [0.1, 0.15) is 11.5 Å². The molecule has 4 rings (SSSR count). The predicted molar refractivity (Wildman–Crippen MR) is 97.5 cm³/mol. The number of nitrogens with one attached hydrogen (secondary N) is 2. The zero-order chi connectivity index (χ0) is 17.4. The van der Waals surface area contributed by atoms with E-state index < -0.39 is 0 Å². The molecule has 1 aliphatic heterocycles. The summed E-state index contributed by atoms with van der Waals surface area (Å²) >= 11 is 0. The molecule has 3 aromatic rings. The Bertz CT molecular complexity index is 934. The molecule has 0 unspecified atom stereocenters. The van der Waals surface area contributed by atoms with E-state index in [0.717, 1.165) is 18.5 Å². The Morgan fingerprint density at radius 3 is 3.00 bits per heavy atom. The van der Waals surface area contributed by atoms with E-state index in [1.807, 2.05) is 6.07 Å². The number of H-pyrrole nitrogens is 1. The van der Waals surface area contributed by atoms with Crippen molar-refractivity contribution in [2.45, 2.75) is 19.4 Å².